The lowest BCUT2D eigenvalue weighted by Gasteiger charge is -2.16. The number of fused-ring (bicyclic) bond motifs is 1. The van der Waals surface area contributed by atoms with Gasteiger partial charge in [0.05, 0.1) is 12.6 Å². The van der Waals surface area contributed by atoms with Crippen molar-refractivity contribution < 1.29 is 4.74 Å². The van der Waals surface area contributed by atoms with E-state index in [0.717, 1.165) is 6.54 Å². The summed E-state index contributed by atoms with van der Waals surface area (Å²) in [6.45, 7) is 6.22. The maximum Gasteiger partial charge on any atom is 0.0875 e. The lowest BCUT2D eigenvalue weighted by molar-refractivity contribution is 0.0576. The van der Waals surface area contributed by atoms with Gasteiger partial charge in [0, 0.05) is 30.3 Å². The first-order chi connectivity index (χ1) is 8.26. The molecule has 0 aliphatic rings. The zero-order valence-corrected chi connectivity index (χ0v) is 10.5. The zero-order valence-electron chi connectivity index (χ0n) is 10.5. The molecule has 0 saturated carbocycles. The van der Waals surface area contributed by atoms with Crippen LogP contribution in [0.25, 0.3) is 10.9 Å². The van der Waals surface area contributed by atoms with Gasteiger partial charge in [0.15, 0.2) is 0 Å². The van der Waals surface area contributed by atoms with E-state index in [9.17, 15) is 0 Å². The van der Waals surface area contributed by atoms with Gasteiger partial charge in [-0.3, -0.25) is 0 Å². The number of hydrogen-bond acceptors (Lipinski definition) is 2. The summed E-state index contributed by atoms with van der Waals surface area (Å²) in [4.78, 5) is 0. The van der Waals surface area contributed by atoms with Gasteiger partial charge >= 0.3 is 0 Å². The molecule has 17 heavy (non-hydrogen) atoms. The third-order valence-electron chi connectivity index (χ3n) is 3.05. The summed E-state index contributed by atoms with van der Waals surface area (Å²) in [6, 6.07) is 8.43. The number of hydrogen-bond donors (Lipinski definition) is 1. The first-order valence-corrected chi connectivity index (χ1v) is 6.12. The van der Waals surface area contributed by atoms with Crippen molar-refractivity contribution in [2.45, 2.75) is 26.5 Å². The summed E-state index contributed by atoms with van der Waals surface area (Å²) in [5, 5.41) is 1.31. The first-order valence-electron chi connectivity index (χ1n) is 6.12. The Bertz CT molecular complexity index is 490. The van der Waals surface area contributed by atoms with Crippen LogP contribution in [0, 0.1) is 6.92 Å². The molecule has 0 fully saturated rings. The molecule has 0 saturated heterocycles. The van der Waals surface area contributed by atoms with Gasteiger partial charge in [0.25, 0.3) is 0 Å². The van der Waals surface area contributed by atoms with Crippen molar-refractivity contribution in [3.63, 3.8) is 0 Å². The fraction of sp³-hybridized carbons (Fsp3) is 0.429. The number of aryl methyl sites for hydroxylation is 1. The lowest BCUT2D eigenvalue weighted by atomic mass is 10.2. The van der Waals surface area contributed by atoms with Crippen LogP contribution in [0.2, 0.25) is 0 Å². The standard InChI is InChI=1S/C14H20N2O/c1-3-17-12(8-15)10-16-9-11(2)13-6-4-5-7-14(13)16/h4-7,9,12H,3,8,10,15H2,1-2H3. The predicted molar refractivity (Wildman–Crippen MR) is 71.1 cm³/mol. The lowest BCUT2D eigenvalue weighted by Crippen LogP contribution is -2.28. The molecular weight excluding hydrogens is 212 g/mol. The first kappa shape index (κ1) is 12.1. The van der Waals surface area contributed by atoms with E-state index in [1.165, 1.54) is 16.5 Å². The Hall–Kier alpha value is -1.32. The molecule has 92 valence electrons. The number of ether oxygens (including phenoxy) is 1. The molecule has 0 bridgehead atoms. The van der Waals surface area contributed by atoms with Crippen molar-refractivity contribution in [1.29, 1.82) is 0 Å². The number of nitrogens with two attached hydrogens (primary N) is 1. The van der Waals surface area contributed by atoms with Crippen LogP contribution in [0.4, 0.5) is 0 Å². The van der Waals surface area contributed by atoms with Crippen molar-refractivity contribution in [1.82, 2.24) is 4.57 Å². The van der Waals surface area contributed by atoms with Gasteiger partial charge in [-0.05, 0) is 25.5 Å². The van der Waals surface area contributed by atoms with E-state index >= 15 is 0 Å². The minimum absolute atomic E-state index is 0.0928. The monoisotopic (exact) mass is 232 g/mol. The highest BCUT2D eigenvalue weighted by Crippen LogP contribution is 2.20. The summed E-state index contributed by atoms with van der Waals surface area (Å²) >= 11 is 0. The maximum absolute atomic E-state index is 5.72. The molecule has 0 aliphatic carbocycles. The Kier molecular flexibility index (Phi) is 3.82. The molecule has 0 amide bonds. The Balaban J connectivity index is 2.29. The highest BCUT2D eigenvalue weighted by Gasteiger charge is 2.10. The van der Waals surface area contributed by atoms with Crippen molar-refractivity contribution in [2.75, 3.05) is 13.2 Å². The number of benzene rings is 1. The van der Waals surface area contributed by atoms with Crippen LogP contribution < -0.4 is 5.73 Å². The van der Waals surface area contributed by atoms with Crippen molar-refractivity contribution in [3.05, 3.63) is 36.0 Å². The van der Waals surface area contributed by atoms with Gasteiger partial charge in [-0.25, -0.2) is 0 Å². The van der Waals surface area contributed by atoms with E-state index in [1.807, 2.05) is 6.92 Å². The van der Waals surface area contributed by atoms with Crippen molar-refractivity contribution >= 4 is 10.9 Å². The average Bonchev–Trinajstić information content (AvgIpc) is 2.66. The molecule has 1 heterocycles. The zero-order chi connectivity index (χ0) is 12.3. The SMILES string of the molecule is CCOC(CN)Cn1cc(C)c2ccccc21. The van der Waals surface area contributed by atoms with Gasteiger partial charge < -0.3 is 15.0 Å². The Morgan fingerprint density at radius 3 is 2.82 bits per heavy atom. The van der Waals surface area contributed by atoms with Crippen LogP contribution in [0.5, 0.6) is 0 Å². The molecule has 2 rings (SSSR count). The normalized spacial score (nSPS) is 13.1. The minimum Gasteiger partial charge on any atom is -0.375 e. The molecule has 0 radical (unpaired) electrons. The van der Waals surface area contributed by atoms with E-state index in [2.05, 4.69) is 42.0 Å². The molecule has 3 heteroatoms. The minimum atomic E-state index is 0.0928. The molecule has 0 spiro atoms. The highest BCUT2D eigenvalue weighted by atomic mass is 16.5. The van der Waals surface area contributed by atoms with Crippen LogP contribution in [0.1, 0.15) is 12.5 Å². The average molecular weight is 232 g/mol. The fourth-order valence-corrected chi connectivity index (χ4v) is 2.23. The molecule has 1 aromatic heterocycles. The predicted octanol–water partition coefficient (Wildman–Crippen LogP) is 2.31. The van der Waals surface area contributed by atoms with Gasteiger partial charge in [-0.1, -0.05) is 18.2 Å². The van der Waals surface area contributed by atoms with E-state index in [4.69, 9.17) is 10.5 Å². The van der Waals surface area contributed by atoms with Crippen LogP contribution >= 0.6 is 0 Å². The summed E-state index contributed by atoms with van der Waals surface area (Å²) < 4.78 is 7.84. The largest absolute Gasteiger partial charge is 0.375 e. The second-order valence-electron chi connectivity index (χ2n) is 4.29. The second kappa shape index (κ2) is 5.34. The smallest absolute Gasteiger partial charge is 0.0875 e. The molecule has 1 unspecified atom stereocenters. The van der Waals surface area contributed by atoms with Crippen LogP contribution in [0.15, 0.2) is 30.5 Å². The van der Waals surface area contributed by atoms with E-state index in [-0.39, 0.29) is 6.10 Å². The Labute approximate surface area is 102 Å². The summed E-state index contributed by atoms with van der Waals surface area (Å²) in [5.41, 5.74) is 8.27. The molecular formula is C14H20N2O. The highest BCUT2D eigenvalue weighted by molar-refractivity contribution is 5.83. The summed E-state index contributed by atoms with van der Waals surface area (Å²) in [6.07, 6.45) is 2.27. The second-order valence-corrected chi connectivity index (χ2v) is 4.29. The van der Waals surface area contributed by atoms with Gasteiger partial charge in [0.2, 0.25) is 0 Å². The van der Waals surface area contributed by atoms with Crippen molar-refractivity contribution in [3.8, 4) is 0 Å². The van der Waals surface area contributed by atoms with Crippen molar-refractivity contribution in [2.24, 2.45) is 5.73 Å². The third kappa shape index (κ3) is 2.51. The van der Waals surface area contributed by atoms with Crippen LogP contribution in [-0.4, -0.2) is 23.8 Å². The third-order valence-corrected chi connectivity index (χ3v) is 3.05. The Morgan fingerprint density at radius 2 is 2.12 bits per heavy atom. The number of rotatable bonds is 5. The molecule has 1 aromatic carbocycles. The quantitative estimate of drug-likeness (QED) is 0.859. The van der Waals surface area contributed by atoms with E-state index < -0.39 is 0 Å². The molecule has 2 N–H and O–H groups in total. The van der Waals surface area contributed by atoms with Crippen LogP contribution in [0.3, 0.4) is 0 Å². The van der Waals surface area contributed by atoms with E-state index in [1.54, 1.807) is 0 Å². The Morgan fingerprint density at radius 1 is 1.35 bits per heavy atom. The van der Waals surface area contributed by atoms with E-state index in [0.29, 0.717) is 13.2 Å². The molecule has 2 aromatic rings. The molecule has 0 aliphatic heterocycles. The fourth-order valence-electron chi connectivity index (χ4n) is 2.23. The topological polar surface area (TPSA) is 40.2 Å². The molecule has 1 atom stereocenters. The number of para-hydroxylation sites is 1. The maximum atomic E-state index is 5.72. The van der Waals surface area contributed by atoms with Gasteiger partial charge in [-0.2, -0.15) is 0 Å². The van der Waals surface area contributed by atoms with Gasteiger partial charge in [-0.15, -0.1) is 0 Å². The molecule has 3 nitrogen and oxygen atoms in total. The summed E-state index contributed by atoms with van der Waals surface area (Å²) in [7, 11) is 0. The number of nitrogens with zero attached hydrogens (tertiary/aromatic N) is 1. The summed E-state index contributed by atoms with van der Waals surface area (Å²) in [5.74, 6) is 0. The van der Waals surface area contributed by atoms with Gasteiger partial charge in [0.1, 0.15) is 0 Å². The van der Waals surface area contributed by atoms with Crippen LogP contribution in [-0.2, 0) is 11.3 Å². The number of aromatic nitrogens is 1.